The van der Waals surface area contributed by atoms with Crippen LogP contribution in [-0.4, -0.2) is 9.67 Å². The average Bonchev–Trinajstić information content (AvgIpc) is 3.20. The molecule has 3 nitrogen and oxygen atoms in total. The minimum Gasteiger partial charge on any atom is -0.462 e. The van der Waals surface area contributed by atoms with Gasteiger partial charge in [-0.05, 0) is 23.8 Å². The molecule has 0 radical (unpaired) electrons. The predicted octanol–water partition coefficient (Wildman–Crippen LogP) is 4.44. The molecule has 0 atom stereocenters. The Morgan fingerprint density at radius 2 is 1.70 bits per heavy atom. The summed E-state index contributed by atoms with van der Waals surface area (Å²) in [6.45, 7) is 0.730. The molecule has 0 unspecified atom stereocenters. The van der Waals surface area contributed by atoms with Gasteiger partial charge < -0.3 is 14.1 Å². The molecule has 4 aromatic rings. The molecule has 0 aliphatic carbocycles. The van der Waals surface area contributed by atoms with E-state index >= 15 is 0 Å². The highest BCUT2D eigenvalue weighted by atomic mass is 16.3. The van der Waals surface area contributed by atoms with Gasteiger partial charge in [0.25, 0.3) is 0 Å². The lowest BCUT2D eigenvalue weighted by molar-refractivity contribution is 0.281. The van der Waals surface area contributed by atoms with Gasteiger partial charge in [0.05, 0.1) is 18.6 Å². The van der Waals surface area contributed by atoms with Crippen LogP contribution >= 0.6 is 0 Å². The van der Waals surface area contributed by atoms with Crippen molar-refractivity contribution in [2.24, 2.45) is 0 Å². The number of aliphatic hydroxyl groups is 1. The Bertz CT molecular complexity index is 935. The number of hydrogen-bond donors (Lipinski definition) is 1. The van der Waals surface area contributed by atoms with Crippen molar-refractivity contribution < 1.29 is 9.52 Å². The number of para-hydroxylation sites is 1. The van der Waals surface area contributed by atoms with Gasteiger partial charge in [-0.3, -0.25) is 0 Å². The summed E-state index contributed by atoms with van der Waals surface area (Å²) in [5.41, 5.74) is 4.19. The Morgan fingerprint density at radius 3 is 2.52 bits per heavy atom. The lowest BCUT2D eigenvalue weighted by Gasteiger charge is -2.10. The number of aromatic nitrogens is 1. The van der Waals surface area contributed by atoms with Crippen LogP contribution in [0.2, 0.25) is 0 Å². The van der Waals surface area contributed by atoms with Gasteiger partial charge in [-0.15, -0.1) is 0 Å². The van der Waals surface area contributed by atoms with Crippen LogP contribution in [0, 0.1) is 0 Å². The standard InChI is InChI=1S/C20H17NO2/c22-14-17-10-11-23-20(17)19-12-16-8-4-5-9-18(16)21(19)13-15-6-2-1-3-7-15/h1-12,22H,13-14H2. The van der Waals surface area contributed by atoms with Gasteiger partial charge in [0.15, 0.2) is 5.76 Å². The van der Waals surface area contributed by atoms with Crippen LogP contribution in [0.3, 0.4) is 0 Å². The number of fused-ring (bicyclic) bond motifs is 1. The number of benzene rings is 2. The molecular formula is C20H17NO2. The van der Waals surface area contributed by atoms with E-state index in [0.717, 1.165) is 29.1 Å². The molecule has 23 heavy (non-hydrogen) atoms. The first kappa shape index (κ1) is 13.9. The largest absolute Gasteiger partial charge is 0.462 e. The van der Waals surface area contributed by atoms with E-state index < -0.39 is 0 Å². The molecule has 0 fully saturated rings. The van der Waals surface area contributed by atoms with Crippen LogP contribution in [0.1, 0.15) is 11.1 Å². The van der Waals surface area contributed by atoms with Crippen molar-refractivity contribution in [3.05, 3.63) is 84.1 Å². The summed E-state index contributed by atoms with van der Waals surface area (Å²) in [5, 5.41) is 10.7. The summed E-state index contributed by atoms with van der Waals surface area (Å²) in [7, 11) is 0. The zero-order valence-electron chi connectivity index (χ0n) is 12.6. The van der Waals surface area contributed by atoms with Gasteiger partial charge in [-0.1, -0.05) is 48.5 Å². The van der Waals surface area contributed by atoms with Crippen molar-refractivity contribution in [2.75, 3.05) is 0 Å². The molecule has 3 heteroatoms. The third-order valence-electron chi connectivity index (χ3n) is 4.14. The first-order chi connectivity index (χ1) is 11.4. The van der Waals surface area contributed by atoms with Crippen molar-refractivity contribution in [3.63, 3.8) is 0 Å². The van der Waals surface area contributed by atoms with Crippen LogP contribution in [0.5, 0.6) is 0 Å². The molecule has 1 N–H and O–H groups in total. The van der Waals surface area contributed by atoms with Crippen molar-refractivity contribution in [1.29, 1.82) is 0 Å². The summed E-state index contributed by atoms with van der Waals surface area (Å²) >= 11 is 0. The van der Waals surface area contributed by atoms with E-state index in [0.29, 0.717) is 0 Å². The second kappa shape index (κ2) is 5.78. The molecule has 0 bridgehead atoms. The summed E-state index contributed by atoms with van der Waals surface area (Å²) in [6.07, 6.45) is 1.63. The first-order valence-electron chi connectivity index (χ1n) is 7.66. The van der Waals surface area contributed by atoms with E-state index in [9.17, 15) is 5.11 Å². The van der Waals surface area contributed by atoms with Crippen LogP contribution in [0.25, 0.3) is 22.4 Å². The minimum atomic E-state index is -0.0291. The van der Waals surface area contributed by atoms with Gasteiger partial charge >= 0.3 is 0 Å². The summed E-state index contributed by atoms with van der Waals surface area (Å²) in [5.74, 6) is 0.736. The van der Waals surface area contributed by atoms with Crippen LogP contribution in [0.15, 0.2) is 77.4 Å². The highest BCUT2D eigenvalue weighted by molar-refractivity contribution is 5.86. The maximum Gasteiger partial charge on any atom is 0.155 e. The van der Waals surface area contributed by atoms with E-state index in [1.165, 1.54) is 10.9 Å². The Morgan fingerprint density at radius 1 is 0.913 bits per heavy atom. The van der Waals surface area contributed by atoms with Crippen LogP contribution in [0.4, 0.5) is 0 Å². The van der Waals surface area contributed by atoms with Crippen molar-refractivity contribution >= 4 is 10.9 Å². The minimum absolute atomic E-state index is 0.0291. The van der Waals surface area contributed by atoms with Crippen molar-refractivity contribution in [1.82, 2.24) is 4.57 Å². The maximum atomic E-state index is 9.55. The SMILES string of the molecule is OCc1ccoc1-c1cc2ccccc2n1Cc1ccccc1. The van der Waals surface area contributed by atoms with Crippen molar-refractivity contribution in [3.8, 4) is 11.5 Å². The smallest absolute Gasteiger partial charge is 0.155 e. The Labute approximate surface area is 134 Å². The molecule has 2 heterocycles. The highest BCUT2D eigenvalue weighted by Gasteiger charge is 2.16. The number of rotatable bonds is 4. The van der Waals surface area contributed by atoms with E-state index in [2.05, 4.69) is 34.9 Å². The fourth-order valence-electron chi connectivity index (χ4n) is 3.02. The first-order valence-corrected chi connectivity index (χ1v) is 7.66. The second-order valence-corrected chi connectivity index (χ2v) is 5.59. The molecule has 0 spiro atoms. The van der Waals surface area contributed by atoms with E-state index in [4.69, 9.17) is 4.42 Å². The van der Waals surface area contributed by atoms with Gasteiger partial charge in [-0.25, -0.2) is 0 Å². The molecule has 0 amide bonds. The van der Waals surface area contributed by atoms with E-state index in [-0.39, 0.29) is 6.61 Å². The van der Waals surface area contributed by atoms with Crippen LogP contribution < -0.4 is 0 Å². The fourth-order valence-corrected chi connectivity index (χ4v) is 3.02. The number of nitrogens with zero attached hydrogens (tertiary/aromatic N) is 1. The molecule has 2 aromatic carbocycles. The number of hydrogen-bond acceptors (Lipinski definition) is 2. The molecular weight excluding hydrogens is 286 g/mol. The third-order valence-corrected chi connectivity index (χ3v) is 4.14. The number of furan rings is 1. The fraction of sp³-hybridized carbons (Fsp3) is 0.100. The normalized spacial score (nSPS) is 11.2. The number of aliphatic hydroxyl groups excluding tert-OH is 1. The Hall–Kier alpha value is -2.78. The molecule has 2 aromatic heterocycles. The van der Waals surface area contributed by atoms with Gasteiger partial charge in [0, 0.05) is 23.0 Å². The molecule has 4 rings (SSSR count). The van der Waals surface area contributed by atoms with Crippen LogP contribution in [-0.2, 0) is 13.2 Å². The Balaban J connectivity index is 1.91. The monoisotopic (exact) mass is 303 g/mol. The van der Waals surface area contributed by atoms with Gasteiger partial charge in [0.1, 0.15) is 0 Å². The predicted molar refractivity (Wildman–Crippen MR) is 91.1 cm³/mol. The molecule has 0 aliphatic rings. The molecule has 114 valence electrons. The lowest BCUT2D eigenvalue weighted by atomic mass is 10.2. The quantitative estimate of drug-likeness (QED) is 0.605. The van der Waals surface area contributed by atoms with E-state index in [1.54, 1.807) is 6.26 Å². The topological polar surface area (TPSA) is 38.3 Å². The molecule has 0 saturated heterocycles. The summed E-state index contributed by atoms with van der Waals surface area (Å²) < 4.78 is 7.91. The second-order valence-electron chi connectivity index (χ2n) is 5.59. The average molecular weight is 303 g/mol. The lowest BCUT2D eigenvalue weighted by Crippen LogP contribution is -2.02. The van der Waals surface area contributed by atoms with Crippen molar-refractivity contribution in [2.45, 2.75) is 13.2 Å². The summed E-state index contributed by atoms with van der Waals surface area (Å²) in [4.78, 5) is 0. The molecule has 0 saturated carbocycles. The van der Waals surface area contributed by atoms with E-state index in [1.807, 2.05) is 36.4 Å². The Kier molecular flexibility index (Phi) is 3.48. The zero-order chi connectivity index (χ0) is 15.6. The van der Waals surface area contributed by atoms with Gasteiger partial charge in [-0.2, -0.15) is 0 Å². The summed E-state index contributed by atoms with van der Waals surface area (Å²) in [6, 6.07) is 22.6. The van der Waals surface area contributed by atoms with Gasteiger partial charge in [0.2, 0.25) is 0 Å². The molecule has 0 aliphatic heterocycles. The zero-order valence-corrected chi connectivity index (χ0v) is 12.6. The highest BCUT2D eigenvalue weighted by Crippen LogP contribution is 2.32. The third kappa shape index (κ3) is 2.45. The maximum absolute atomic E-state index is 9.55.